The lowest BCUT2D eigenvalue weighted by Gasteiger charge is -2.27. The third-order valence-electron chi connectivity index (χ3n) is 6.76. The molecule has 0 bridgehead atoms. The number of allylic oxidation sites excluding steroid dienone is 1. The van der Waals surface area contributed by atoms with Crippen LogP contribution in [0.4, 0.5) is 13.2 Å². The van der Waals surface area contributed by atoms with Gasteiger partial charge in [0.15, 0.2) is 11.6 Å². The fraction of sp³-hybridized carbons (Fsp3) is 0.462. The lowest BCUT2D eigenvalue weighted by atomic mass is 9.77. The van der Waals surface area contributed by atoms with Crippen LogP contribution in [0.5, 0.6) is 0 Å². The highest BCUT2D eigenvalue weighted by molar-refractivity contribution is 6.03. The van der Waals surface area contributed by atoms with Crippen molar-refractivity contribution in [1.82, 2.24) is 0 Å². The van der Waals surface area contributed by atoms with Crippen molar-refractivity contribution >= 4 is 6.08 Å². The largest absolute Gasteiger partial charge is 0.206 e. The Morgan fingerprint density at radius 3 is 2.34 bits per heavy atom. The van der Waals surface area contributed by atoms with E-state index in [1.54, 1.807) is 12.1 Å². The maximum absolute atomic E-state index is 15.1. The molecule has 0 aromatic heterocycles. The van der Waals surface area contributed by atoms with Crippen molar-refractivity contribution in [3.63, 3.8) is 0 Å². The predicted octanol–water partition coefficient (Wildman–Crippen LogP) is 8.46. The van der Waals surface area contributed by atoms with Gasteiger partial charge in [0.2, 0.25) is 0 Å². The Bertz CT molecular complexity index is 934. The number of hydrogen-bond acceptors (Lipinski definition) is 0. The summed E-state index contributed by atoms with van der Waals surface area (Å²) in [6.07, 6.45) is 14.0. The van der Waals surface area contributed by atoms with E-state index >= 15 is 4.39 Å². The summed E-state index contributed by atoms with van der Waals surface area (Å²) < 4.78 is 43.4. The minimum Gasteiger partial charge on any atom is -0.206 e. The van der Waals surface area contributed by atoms with Gasteiger partial charge >= 0.3 is 0 Å². The van der Waals surface area contributed by atoms with E-state index in [4.69, 9.17) is 0 Å². The standard InChI is InChI=1S/C26H29F3/c1-3-4-5-6-17-7-9-18(10-8-17)11-12-19-13-14-20-21-15-16(2)24(27)26(29)23(21)22(20)25(19)28/h11-15,17-18H,3-10H2,1-2H3/b12-11+. The topological polar surface area (TPSA) is 0 Å². The van der Waals surface area contributed by atoms with Crippen LogP contribution < -0.4 is 0 Å². The molecule has 2 aliphatic carbocycles. The zero-order valence-electron chi connectivity index (χ0n) is 17.3. The number of unbranched alkanes of at least 4 members (excludes halogenated alkanes) is 2. The number of aryl methyl sites for hydroxylation is 1. The molecule has 2 aromatic rings. The van der Waals surface area contributed by atoms with Gasteiger partial charge in [-0.05, 0) is 67.2 Å². The minimum absolute atomic E-state index is 0.0865. The van der Waals surface area contributed by atoms with Gasteiger partial charge in [-0.3, -0.25) is 0 Å². The van der Waals surface area contributed by atoms with Crippen molar-refractivity contribution in [2.24, 2.45) is 11.8 Å². The molecule has 1 saturated carbocycles. The average molecular weight is 399 g/mol. The zero-order chi connectivity index (χ0) is 20.5. The van der Waals surface area contributed by atoms with Crippen molar-refractivity contribution in [1.29, 1.82) is 0 Å². The summed E-state index contributed by atoms with van der Waals surface area (Å²) in [6.45, 7) is 3.77. The Hall–Kier alpha value is -2.03. The van der Waals surface area contributed by atoms with Crippen molar-refractivity contribution in [2.75, 3.05) is 0 Å². The molecule has 0 atom stereocenters. The summed E-state index contributed by atoms with van der Waals surface area (Å²) in [4.78, 5) is 0. The summed E-state index contributed by atoms with van der Waals surface area (Å²) in [6, 6.07) is 5.17. The van der Waals surface area contributed by atoms with Crippen LogP contribution in [0.3, 0.4) is 0 Å². The van der Waals surface area contributed by atoms with Crippen LogP contribution in [0.15, 0.2) is 24.3 Å². The number of fused-ring (bicyclic) bond motifs is 4. The first-order valence-electron chi connectivity index (χ1n) is 11.0. The van der Waals surface area contributed by atoms with Crippen molar-refractivity contribution in [2.45, 2.75) is 65.2 Å². The molecule has 0 saturated heterocycles. The first-order chi connectivity index (χ1) is 14.0. The molecule has 1 fully saturated rings. The van der Waals surface area contributed by atoms with E-state index in [1.807, 2.05) is 12.1 Å². The second-order valence-electron chi connectivity index (χ2n) is 8.77. The molecule has 2 aliphatic rings. The maximum Gasteiger partial charge on any atom is 0.167 e. The highest BCUT2D eigenvalue weighted by Gasteiger charge is 2.32. The number of halogens is 3. The first-order valence-corrected chi connectivity index (χ1v) is 11.0. The number of benzene rings is 2. The van der Waals surface area contributed by atoms with Gasteiger partial charge in [-0.25, -0.2) is 13.2 Å². The molecule has 0 N–H and O–H groups in total. The zero-order valence-corrected chi connectivity index (χ0v) is 17.3. The van der Waals surface area contributed by atoms with E-state index in [0.29, 0.717) is 22.6 Å². The van der Waals surface area contributed by atoms with Gasteiger partial charge in [-0.15, -0.1) is 0 Å². The maximum atomic E-state index is 15.1. The molecular formula is C26H29F3. The molecule has 154 valence electrons. The fourth-order valence-electron chi connectivity index (χ4n) is 4.93. The molecule has 0 spiro atoms. The highest BCUT2D eigenvalue weighted by Crippen LogP contribution is 2.51. The fourth-order valence-corrected chi connectivity index (χ4v) is 4.93. The van der Waals surface area contributed by atoms with Gasteiger partial charge < -0.3 is 0 Å². The Balaban J connectivity index is 1.45. The van der Waals surface area contributed by atoms with Gasteiger partial charge in [0.25, 0.3) is 0 Å². The number of hydrogen-bond donors (Lipinski definition) is 0. The van der Waals surface area contributed by atoms with Crippen LogP contribution >= 0.6 is 0 Å². The smallest absolute Gasteiger partial charge is 0.167 e. The minimum atomic E-state index is -0.936. The molecule has 0 unspecified atom stereocenters. The van der Waals surface area contributed by atoms with Crippen LogP contribution in [0.1, 0.15) is 69.4 Å². The van der Waals surface area contributed by atoms with Crippen LogP contribution in [-0.2, 0) is 0 Å². The van der Waals surface area contributed by atoms with E-state index in [1.165, 1.54) is 45.4 Å². The molecule has 0 nitrogen and oxygen atoms in total. The van der Waals surface area contributed by atoms with Gasteiger partial charge in [0.05, 0.1) is 0 Å². The summed E-state index contributed by atoms with van der Waals surface area (Å²) in [5.74, 6) is -0.940. The highest BCUT2D eigenvalue weighted by atomic mass is 19.2. The van der Waals surface area contributed by atoms with E-state index in [0.717, 1.165) is 18.8 Å². The lowest BCUT2D eigenvalue weighted by molar-refractivity contribution is 0.290. The molecule has 3 heteroatoms. The van der Waals surface area contributed by atoms with Crippen LogP contribution in [0.25, 0.3) is 28.3 Å². The molecule has 0 heterocycles. The van der Waals surface area contributed by atoms with Crippen LogP contribution in [0, 0.1) is 36.2 Å². The quantitative estimate of drug-likeness (QED) is 0.365. The van der Waals surface area contributed by atoms with Crippen molar-refractivity contribution in [3.8, 4) is 22.3 Å². The Morgan fingerprint density at radius 2 is 1.62 bits per heavy atom. The Labute approximate surface area is 171 Å². The molecule has 0 radical (unpaired) electrons. The molecule has 0 aliphatic heterocycles. The number of rotatable bonds is 6. The summed E-state index contributed by atoms with van der Waals surface area (Å²) >= 11 is 0. The van der Waals surface area contributed by atoms with Gasteiger partial charge in [-0.1, -0.05) is 56.9 Å². The third kappa shape index (κ3) is 3.76. The Morgan fingerprint density at radius 1 is 0.897 bits per heavy atom. The van der Waals surface area contributed by atoms with Gasteiger partial charge in [0.1, 0.15) is 5.82 Å². The van der Waals surface area contributed by atoms with Gasteiger partial charge in [0, 0.05) is 16.7 Å². The lowest BCUT2D eigenvalue weighted by Crippen LogP contribution is -2.13. The second kappa shape index (κ2) is 8.38. The molecule has 4 rings (SSSR count). The average Bonchev–Trinajstić information content (AvgIpc) is 2.71. The van der Waals surface area contributed by atoms with E-state index in [9.17, 15) is 8.78 Å². The SMILES string of the molecule is CCCCCC1CCC(/C=C/c2ccc3c(c2F)-c2c-3cc(C)c(F)c2F)CC1. The molecule has 0 amide bonds. The first kappa shape index (κ1) is 20.3. The summed E-state index contributed by atoms with van der Waals surface area (Å²) in [5.41, 5.74) is 2.29. The van der Waals surface area contributed by atoms with Crippen molar-refractivity contribution < 1.29 is 13.2 Å². The van der Waals surface area contributed by atoms with Crippen molar-refractivity contribution in [3.05, 3.63) is 52.9 Å². The van der Waals surface area contributed by atoms with Crippen LogP contribution in [-0.4, -0.2) is 0 Å². The molecular weight excluding hydrogens is 369 g/mol. The normalized spacial score (nSPS) is 20.4. The third-order valence-corrected chi connectivity index (χ3v) is 6.76. The Kier molecular flexibility index (Phi) is 5.85. The second-order valence-corrected chi connectivity index (χ2v) is 8.77. The van der Waals surface area contributed by atoms with Crippen LogP contribution in [0.2, 0.25) is 0 Å². The summed E-state index contributed by atoms with van der Waals surface area (Å²) in [7, 11) is 0. The monoisotopic (exact) mass is 398 g/mol. The van der Waals surface area contributed by atoms with E-state index < -0.39 is 17.5 Å². The molecule has 29 heavy (non-hydrogen) atoms. The molecule has 2 aromatic carbocycles. The van der Waals surface area contributed by atoms with Gasteiger partial charge in [-0.2, -0.15) is 0 Å². The van der Waals surface area contributed by atoms with E-state index in [-0.39, 0.29) is 16.7 Å². The summed E-state index contributed by atoms with van der Waals surface area (Å²) in [5, 5.41) is 0. The predicted molar refractivity (Wildman–Crippen MR) is 114 cm³/mol. The van der Waals surface area contributed by atoms with E-state index in [2.05, 4.69) is 13.0 Å².